The number of hydrogen-bond donors (Lipinski definition) is 1. The number of carboxylic acids is 1. The summed E-state index contributed by atoms with van der Waals surface area (Å²) in [5.41, 5.74) is 0.327. The molecule has 1 aromatic carbocycles. The summed E-state index contributed by atoms with van der Waals surface area (Å²) in [4.78, 5) is 27.0. The average Bonchev–Trinajstić information content (AvgIpc) is 2.96. The van der Waals surface area contributed by atoms with Crippen molar-refractivity contribution in [2.24, 2.45) is 4.99 Å². The highest BCUT2D eigenvalue weighted by molar-refractivity contribution is 7.73. The fourth-order valence-corrected chi connectivity index (χ4v) is 3.81. The van der Waals surface area contributed by atoms with E-state index in [4.69, 9.17) is 12.2 Å². The van der Waals surface area contributed by atoms with Gasteiger partial charge in [-0.1, -0.05) is 18.2 Å². The second-order valence-corrected chi connectivity index (χ2v) is 6.60. The monoisotopic (exact) mass is 347 g/mol. The standard InChI is InChI=1S/C15H12N2O4S2/c18-10(19)6-3-7-17-14(21)12(23-15(17)22)11-8-4-1-2-5-9(8)16-13(11)20/h1-2,4-5,21H,3,6-7H2,(H,18,19)/p-1. The minimum Gasteiger partial charge on any atom is -0.550 e. The summed E-state index contributed by atoms with van der Waals surface area (Å²) in [7, 11) is 0. The zero-order chi connectivity index (χ0) is 16.6. The molecule has 118 valence electrons. The predicted molar refractivity (Wildman–Crippen MR) is 83.8 cm³/mol. The first-order valence-electron chi connectivity index (χ1n) is 6.84. The molecular weight excluding hydrogens is 336 g/mol. The Kier molecular flexibility index (Phi) is 4.10. The second kappa shape index (κ2) is 6.05. The van der Waals surface area contributed by atoms with Gasteiger partial charge in [0.05, 0.1) is 10.9 Å². The molecule has 8 heteroatoms. The number of hydrogen-bond acceptors (Lipinski definition) is 6. The van der Waals surface area contributed by atoms with Crippen molar-refractivity contribution in [2.45, 2.75) is 19.4 Å². The largest absolute Gasteiger partial charge is 0.550 e. The van der Waals surface area contributed by atoms with E-state index >= 15 is 0 Å². The molecule has 3 rings (SSSR count). The number of fused-ring (bicyclic) bond motifs is 1. The highest BCUT2D eigenvalue weighted by atomic mass is 32.1. The molecule has 0 saturated carbocycles. The van der Waals surface area contributed by atoms with E-state index < -0.39 is 11.9 Å². The number of thiazole rings is 1. The molecule has 0 bridgehead atoms. The number of carbonyl (C=O) groups is 2. The molecule has 2 aromatic rings. The smallest absolute Gasteiger partial charge is 0.279 e. The molecule has 2 heterocycles. The third-order valence-corrected chi connectivity index (χ3v) is 4.92. The lowest BCUT2D eigenvalue weighted by Crippen LogP contribution is -2.22. The van der Waals surface area contributed by atoms with Gasteiger partial charge in [0.2, 0.25) is 5.88 Å². The third-order valence-electron chi connectivity index (χ3n) is 3.47. The Hall–Kier alpha value is -2.32. The van der Waals surface area contributed by atoms with Crippen molar-refractivity contribution in [3.8, 4) is 5.88 Å². The van der Waals surface area contributed by atoms with Gasteiger partial charge in [-0.3, -0.25) is 9.36 Å². The molecule has 0 saturated heterocycles. The maximum atomic E-state index is 12.2. The summed E-state index contributed by atoms with van der Waals surface area (Å²) >= 11 is 6.33. The maximum absolute atomic E-state index is 12.2. The Morgan fingerprint density at radius 3 is 2.87 bits per heavy atom. The summed E-state index contributed by atoms with van der Waals surface area (Å²) in [6.07, 6.45) is 0.157. The van der Waals surface area contributed by atoms with Gasteiger partial charge in [0.1, 0.15) is 4.88 Å². The van der Waals surface area contributed by atoms with Crippen LogP contribution in [0.1, 0.15) is 17.7 Å². The Morgan fingerprint density at radius 1 is 1.39 bits per heavy atom. The lowest BCUT2D eigenvalue weighted by atomic mass is 10.1. The van der Waals surface area contributed by atoms with Crippen molar-refractivity contribution in [2.75, 3.05) is 0 Å². The van der Waals surface area contributed by atoms with Crippen molar-refractivity contribution >= 4 is 41.0 Å². The minimum atomic E-state index is -1.15. The molecule has 0 spiro atoms. The molecule has 0 atom stereocenters. The Balaban J connectivity index is 2.07. The Morgan fingerprint density at radius 2 is 2.13 bits per heavy atom. The first-order chi connectivity index (χ1) is 11.0. The van der Waals surface area contributed by atoms with Gasteiger partial charge in [-0.25, -0.2) is 4.99 Å². The summed E-state index contributed by atoms with van der Waals surface area (Å²) in [6, 6.07) is 7.07. The fourth-order valence-electron chi connectivity index (χ4n) is 2.42. The quantitative estimate of drug-likeness (QED) is 0.761. The van der Waals surface area contributed by atoms with Crippen molar-refractivity contribution < 1.29 is 19.8 Å². The molecule has 1 N–H and O–H groups in total. The van der Waals surface area contributed by atoms with Gasteiger partial charge in [0.15, 0.2) is 3.95 Å². The van der Waals surface area contributed by atoms with E-state index in [2.05, 4.69) is 4.99 Å². The molecule has 0 fully saturated rings. The maximum Gasteiger partial charge on any atom is 0.279 e. The zero-order valence-electron chi connectivity index (χ0n) is 11.8. The predicted octanol–water partition coefficient (Wildman–Crippen LogP) is -0.126. The highest BCUT2D eigenvalue weighted by Crippen LogP contribution is 2.32. The molecule has 1 amide bonds. The summed E-state index contributed by atoms with van der Waals surface area (Å²) in [6.45, 7) is 0.245. The van der Waals surface area contributed by atoms with Crippen LogP contribution in [0, 0.1) is 3.95 Å². The van der Waals surface area contributed by atoms with E-state index in [0.29, 0.717) is 25.0 Å². The Labute approximate surface area is 139 Å². The number of rotatable bonds is 5. The van der Waals surface area contributed by atoms with Crippen molar-refractivity contribution in [1.82, 2.24) is 4.57 Å². The van der Waals surface area contributed by atoms with E-state index in [-0.39, 0.29) is 25.3 Å². The van der Waals surface area contributed by atoms with Crippen LogP contribution in [-0.4, -0.2) is 21.6 Å². The molecular formula is C15H11N2O4S2-. The number of para-hydroxylation sites is 1. The molecule has 1 aromatic heterocycles. The number of aliphatic carboxylic acids is 1. The van der Waals surface area contributed by atoms with Gasteiger partial charge >= 0.3 is 0 Å². The second-order valence-electron chi connectivity index (χ2n) is 4.96. The Bertz CT molecular complexity index is 988. The lowest BCUT2D eigenvalue weighted by Gasteiger charge is -2.06. The first-order valence-corrected chi connectivity index (χ1v) is 8.06. The van der Waals surface area contributed by atoms with Crippen LogP contribution < -0.4 is 15.7 Å². The fraction of sp³-hybridized carbons (Fsp3) is 0.200. The van der Waals surface area contributed by atoms with Gasteiger partial charge in [0.25, 0.3) is 5.91 Å². The van der Waals surface area contributed by atoms with E-state index in [1.54, 1.807) is 24.3 Å². The SMILES string of the molecule is O=C([O-])CCCn1c(O)c(C2=c3ccccc3=NC2=O)sc1=S. The van der Waals surface area contributed by atoms with Gasteiger partial charge < -0.3 is 15.0 Å². The van der Waals surface area contributed by atoms with Crippen LogP contribution in [0.25, 0.3) is 5.57 Å². The number of nitrogens with zero attached hydrogens (tertiary/aromatic N) is 2. The van der Waals surface area contributed by atoms with Crippen LogP contribution in [0.3, 0.4) is 0 Å². The molecule has 6 nitrogen and oxygen atoms in total. The van der Waals surface area contributed by atoms with Gasteiger partial charge in [-0.2, -0.15) is 0 Å². The van der Waals surface area contributed by atoms with Crippen molar-refractivity contribution in [3.05, 3.63) is 43.7 Å². The number of aromatic hydroxyl groups is 1. The van der Waals surface area contributed by atoms with Gasteiger partial charge in [0, 0.05) is 17.7 Å². The molecule has 23 heavy (non-hydrogen) atoms. The van der Waals surface area contributed by atoms with Gasteiger partial charge in [-0.15, -0.1) is 11.3 Å². The van der Waals surface area contributed by atoms with Crippen LogP contribution in [0.2, 0.25) is 0 Å². The minimum absolute atomic E-state index is 0.125. The molecule has 0 radical (unpaired) electrons. The number of carbonyl (C=O) groups excluding carboxylic acids is 2. The number of benzene rings is 1. The zero-order valence-corrected chi connectivity index (χ0v) is 13.4. The van der Waals surface area contributed by atoms with Crippen LogP contribution in [0.5, 0.6) is 5.88 Å². The van der Waals surface area contributed by atoms with Crippen molar-refractivity contribution in [1.29, 1.82) is 0 Å². The first kappa shape index (κ1) is 15.6. The summed E-state index contributed by atoms with van der Waals surface area (Å²) in [5, 5.41) is 22.1. The topological polar surface area (TPSA) is 94.7 Å². The lowest BCUT2D eigenvalue weighted by molar-refractivity contribution is -0.305. The molecule has 0 unspecified atom stereocenters. The van der Waals surface area contributed by atoms with E-state index in [1.807, 2.05) is 0 Å². The molecule has 0 aliphatic carbocycles. The highest BCUT2D eigenvalue weighted by Gasteiger charge is 2.24. The van der Waals surface area contributed by atoms with Crippen LogP contribution in [-0.2, 0) is 16.1 Å². The van der Waals surface area contributed by atoms with E-state index in [9.17, 15) is 19.8 Å². The number of amides is 1. The summed E-state index contributed by atoms with van der Waals surface area (Å²) < 4.78 is 1.81. The van der Waals surface area contributed by atoms with Crippen molar-refractivity contribution in [3.63, 3.8) is 0 Å². The van der Waals surface area contributed by atoms with Crippen LogP contribution in [0.4, 0.5) is 0 Å². The average molecular weight is 347 g/mol. The number of aromatic nitrogens is 1. The normalized spacial score (nSPS) is 13.0. The van der Waals surface area contributed by atoms with Crippen LogP contribution in [0.15, 0.2) is 29.3 Å². The molecule has 1 aliphatic heterocycles. The molecule has 1 aliphatic rings. The van der Waals surface area contributed by atoms with Gasteiger partial charge in [-0.05, 0) is 31.1 Å². The van der Waals surface area contributed by atoms with E-state index in [0.717, 1.165) is 11.3 Å². The third kappa shape index (κ3) is 2.82. The summed E-state index contributed by atoms with van der Waals surface area (Å²) in [5.74, 6) is -1.70. The number of carboxylic acid groups (broad SMARTS) is 1. The van der Waals surface area contributed by atoms with E-state index in [1.165, 1.54) is 4.57 Å². The van der Waals surface area contributed by atoms with Crippen LogP contribution >= 0.6 is 23.6 Å².